The van der Waals surface area contributed by atoms with E-state index in [0.717, 1.165) is 30.3 Å². The Morgan fingerprint density at radius 3 is 2.65 bits per heavy atom. The Morgan fingerprint density at radius 1 is 1.05 bits per heavy atom. The van der Waals surface area contributed by atoms with Crippen molar-refractivity contribution in [3.63, 3.8) is 0 Å². The molecule has 2 unspecified atom stereocenters. The van der Waals surface area contributed by atoms with Crippen molar-refractivity contribution in [2.45, 2.75) is 51.6 Å². The zero-order valence-electron chi connectivity index (χ0n) is 12.2. The second-order valence-corrected chi connectivity index (χ2v) is 7.44. The summed E-state index contributed by atoms with van der Waals surface area (Å²) in [6.07, 6.45) is 7.16. The van der Waals surface area contributed by atoms with Crippen LogP contribution < -0.4 is 0 Å². The second kappa shape index (κ2) is 3.87. The Balaban J connectivity index is 1.66. The standard InChI is InChI=1S/C18H22N2/c1-11-3-2-4-14-10-20-16-8-12-5-13(9-16)7-15(6-12)18(20)19-17(11)14/h2-4,12-13,15-16H,5-10H2,1H3. The van der Waals surface area contributed by atoms with E-state index in [0.29, 0.717) is 0 Å². The van der Waals surface area contributed by atoms with E-state index in [1.807, 2.05) is 0 Å². The van der Waals surface area contributed by atoms with Gasteiger partial charge in [0, 0.05) is 18.5 Å². The number of hydrogen-bond acceptors (Lipinski definition) is 2. The minimum Gasteiger partial charge on any atom is -0.352 e. The van der Waals surface area contributed by atoms with E-state index in [9.17, 15) is 0 Å². The zero-order valence-corrected chi connectivity index (χ0v) is 12.2. The van der Waals surface area contributed by atoms with E-state index in [1.165, 1.54) is 54.8 Å². The molecule has 3 heterocycles. The Labute approximate surface area is 120 Å². The minimum atomic E-state index is 0.749. The van der Waals surface area contributed by atoms with Crippen molar-refractivity contribution in [2.75, 3.05) is 0 Å². The van der Waals surface area contributed by atoms with Crippen LogP contribution in [-0.2, 0) is 6.54 Å². The summed E-state index contributed by atoms with van der Waals surface area (Å²) in [6, 6.07) is 7.45. The van der Waals surface area contributed by atoms with Gasteiger partial charge in [-0.05, 0) is 62.0 Å². The van der Waals surface area contributed by atoms with Gasteiger partial charge in [0.2, 0.25) is 0 Å². The predicted molar refractivity (Wildman–Crippen MR) is 81.2 cm³/mol. The summed E-state index contributed by atoms with van der Waals surface area (Å²) < 4.78 is 0. The molecule has 0 radical (unpaired) electrons. The molecule has 3 aliphatic heterocycles. The number of aliphatic imine (C=N–C) groups is 1. The van der Waals surface area contributed by atoms with E-state index in [2.05, 4.69) is 30.0 Å². The molecule has 2 saturated heterocycles. The molecule has 2 saturated carbocycles. The van der Waals surface area contributed by atoms with Crippen LogP contribution in [-0.4, -0.2) is 16.8 Å². The maximum Gasteiger partial charge on any atom is 0.109 e. The molecule has 4 fully saturated rings. The van der Waals surface area contributed by atoms with Gasteiger partial charge in [0.15, 0.2) is 0 Å². The molecule has 0 amide bonds. The van der Waals surface area contributed by atoms with Gasteiger partial charge in [-0.2, -0.15) is 0 Å². The molecule has 2 heteroatoms. The third-order valence-corrected chi connectivity index (χ3v) is 6.10. The van der Waals surface area contributed by atoms with Crippen molar-refractivity contribution in [3.05, 3.63) is 29.3 Å². The quantitative estimate of drug-likeness (QED) is 0.691. The average Bonchev–Trinajstić information content (AvgIpc) is 2.60. The number of rotatable bonds is 0. The number of amidine groups is 1. The molecule has 2 atom stereocenters. The number of benzene rings is 1. The molecule has 2 nitrogen and oxygen atoms in total. The van der Waals surface area contributed by atoms with Gasteiger partial charge in [-0.25, -0.2) is 4.99 Å². The molecule has 2 aliphatic carbocycles. The van der Waals surface area contributed by atoms with E-state index in [-0.39, 0.29) is 0 Å². The van der Waals surface area contributed by atoms with E-state index in [4.69, 9.17) is 4.99 Å². The fourth-order valence-corrected chi connectivity index (χ4v) is 5.37. The number of para-hydroxylation sites is 1. The van der Waals surface area contributed by atoms with Crippen LogP contribution in [0.5, 0.6) is 0 Å². The Bertz CT molecular complexity index is 589. The highest BCUT2D eigenvalue weighted by Gasteiger charge is 2.46. The Kier molecular flexibility index (Phi) is 2.20. The van der Waals surface area contributed by atoms with Gasteiger partial charge in [0.1, 0.15) is 5.84 Å². The summed E-state index contributed by atoms with van der Waals surface area (Å²) in [5, 5.41) is 0. The molecule has 0 aromatic heterocycles. The molecule has 6 rings (SSSR count). The third-order valence-electron chi connectivity index (χ3n) is 6.10. The van der Waals surface area contributed by atoms with Crippen LogP contribution in [0.25, 0.3) is 0 Å². The van der Waals surface area contributed by atoms with Crippen molar-refractivity contribution in [3.8, 4) is 0 Å². The fraction of sp³-hybridized carbons (Fsp3) is 0.611. The molecule has 104 valence electrons. The van der Waals surface area contributed by atoms with Gasteiger partial charge in [-0.1, -0.05) is 18.2 Å². The highest BCUT2D eigenvalue weighted by molar-refractivity contribution is 5.90. The lowest BCUT2D eigenvalue weighted by Crippen LogP contribution is -2.42. The maximum absolute atomic E-state index is 5.17. The van der Waals surface area contributed by atoms with Gasteiger partial charge >= 0.3 is 0 Å². The summed E-state index contributed by atoms with van der Waals surface area (Å²) in [5.74, 6) is 4.16. The van der Waals surface area contributed by atoms with E-state index in [1.54, 1.807) is 0 Å². The molecule has 4 bridgehead atoms. The fourth-order valence-electron chi connectivity index (χ4n) is 5.37. The SMILES string of the molecule is Cc1cccc2c1N=C1C3CC4CC(C3)CC(C4)N1C2. The highest BCUT2D eigenvalue weighted by atomic mass is 15.2. The van der Waals surface area contributed by atoms with Crippen molar-refractivity contribution < 1.29 is 0 Å². The number of hydrogen-bond donors (Lipinski definition) is 0. The van der Waals surface area contributed by atoms with E-state index >= 15 is 0 Å². The summed E-state index contributed by atoms with van der Waals surface area (Å²) in [6.45, 7) is 3.31. The minimum absolute atomic E-state index is 0.749. The lowest BCUT2D eigenvalue weighted by molar-refractivity contribution is 0.128. The first-order valence-corrected chi connectivity index (χ1v) is 8.21. The van der Waals surface area contributed by atoms with Gasteiger partial charge < -0.3 is 4.90 Å². The van der Waals surface area contributed by atoms with Gasteiger partial charge in [-0.15, -0.1) is 0 Å². The first-order chi connectivity index (χ1) is 9.78. The molecular weight excluding hydrogens is 244 g/mol. The summed E-state index contributed by atoms with van der Waals surface area (Å²) in [5.41, 5.74) is 4.06. The first-order valence-electron chi connectivity index (χ1n) is 8.21. The molecule has 0 spiro atoms. The molecule has 1 aromatic rings. The lowest BCUT2D eigenvalue weighted by atomic mass is 9.68. The van der Waals surface area contributed by atoms with Crippen molar-refractivity contribution in [1.82, 2.24) is 4.90 Å². The molecule has 1 aromatic carbocycles. The summed E-state index contributed by atoms with van der Waals surface area (Å²) in [4.78, 5) is 7.85. The van der Waals surface area contributed by atoms with Gasteiger partial charge in [0.05, 0.1) is 5.69 Å². The summed E-state index contributed by atoms with van der Waals surface area (Å²) >= 11 is 0. The smallest absolute Gasteiger partial charge is 0.109 e. The predicted octanol–water partition coefficient (Wildman–Crippen LogP) is 4.05. The van der Waals surface area contributed by atoms with Crippen LogP contribution in [0.2, 0.25) is 0 Å². The van der Waals surface area contributed by atoms with Crippen LogP contribution in [0.1, 0.15) is 43.2 Å². The number of nitrogens with zero attached hydrogens (tertiary/aromatic N) is 2. The molecule has 5 aliphatic rings. The lowest BCUT2D eigenvalue weighted by Gasteiger charge is -2.39. The average molecular weight is 266 g/mol. The normalized spacial score (nSPS) is 37.2. The van der Waals surface area contributed by atoms with Crippen molar-refractivity contribution in [2.24, 2.45) is 22.7 Å². The second-order valence-electron chi connectivity index (χ2n) is 7.44. The van der Waals surface area contributed by atoms with Crippen LogP contribution in [0.4, 0.5) is 5.69 Å². The van der Waals surface area contributed by atoms with Gasteiger partial charge in [-0.3, -0.25) is 0 Å². The van der Waals surface area contributed by atoms with Crippen LogP contribution in [0.3, 0.4) is 0 Å². The monoisotopic (exact) mass is 266 g/mol. The Hall–Kier alpha value is -1.31. The van der Waals surface area contributed by atoms with Crippen LogP contribution in [0.15, 0.2) is 23.2 Å². The Morgan fingerprint density at radius 2 is 1.85 bits per heavy atom. The first kappa shape index (κ1) is 11.4. The number of fused-ring (bicyclic) bond motifs is 1. The maximum atomic E-state index is 5.17. The largest absolute Gasteiger partial charge is 0.352 e. The number of aryl methyl sites for hydroxylation is 1. The molecule has 20 heavy (non-hydrogen) atoms. The van der Waals surface area contributed by atoms with Crippen LogP contribution in [0, 0.1) is 24.7 Å². The third kappa shape index (κ3) is 1.48. The van der Waals surface area contributed by atoms with Crippen LogP contribution >= 0.6 is 0 Å². The summed E-state index contributed by atoms with van der Waals surface area (Å²) in [7, 11) is 0. The molecular formula is C18H22N2. The van der Waals surface area contributed by atoms with Gasteiger partial charge in [0.25, 0.3) is 0 Å². The van der Waals surface area contributed by atoms with Crippen molar-refractivity contribution in [1.29, 1.82) is 0 Å². The highest BCUT2D eigenvalue weighted by Crippen LogP contribution is 2.50. The zero-order chi connectivity index (χ0) is 13.3. The van der Waals surface area contributed by atoms with Crippen molar-refractivity contribution >= 4 is 11.5 Å². The topological polar surface area (TPSA) is 15.6 Å². The molecule has 0 N–H and O–H groups in total. The van der Waals surface area contributed by atoms with E-state index < -0.39 is 0 Å².